The maximum Gasteiger partial charge on any atom is 0.254 e. The average Bonchev–Trinajstić information content (AvgIpc) is 3.19. The van der Waals surface area contributed by atoms with Gasteiger partial charge in [-0.2, -0.15) is 5.10 Å². The summed E-state index contributed by atoms with van der Waals surface area (Å²) < 4.78 is 1.72. The highest BCUT2D eigenvalue weighted by atomic mass is 16.2. The number of hydrogen-bond acceptors (Lipinski definition) is 3. The molecule has 0 aliphatic heterocycles. The van der Waals surface area contributed by atoms with Gasteiger partial charge in [0.15, 0.2) is 0 Å². The van der Waals surface area contributed by atoms with E-state index in [4.69, 9.17) is 0 Å². The highest BCUT2D eigenvalue weighted by Gasteiger charge is 2.15. The molecule has 1 N–H and O–H groups in total. The van der Waals surface area contributed by atoms with E-state index in [1.807, 2.05) is 56.4 Å². The number of amides is 2. The topological polar surface area (TPSA) is 67.2 Å². The van der Waals surface area contributed by atoms with Gasteiger partial charge in [-0.05, 0) is 61.4 Å². The lowest BCUT2D eigenvalue weighted by Crippen LogP contribution is -2.35. The number of benzene rings is 2. The van der Waals surface area contributed by atoms with Gasteiger partial charge >= 0.3 is 0 Å². The number of likely N-dealkylation sites (N-methyl/N-ethyl adjacent to an activating group) is 1. The normalized spacial score (nSPS) is 10.5. The van der Waals surface area contributed by atoms with Crippen LogP contribution in [0.2, 0.25) is 0 Å². The van der Waals surface area contributed by atoms with Crippen LogP contribution in [0.25, 0.3) is 5.69 Å². The molecule has 0 atom stereocenters. The SMILES string of the molecule is Cc1ccc(C)c(NC(=O)CN(C)C(=O)c2ccc(-n3cccn3)cc2)c1. The number of rotatable bonds is 5. The van der Waals surface area contributed by atoms with E-state index in [1.54, 1.807) is 30.1 Å². The zero-order chi connectivity index (χ0) is 19.4. The first-order chi connectivity index (χ1) is 12.9. The summed E-state index contributed by atoms with van der Waals surface area (Å²) in [6.07, 6.45) is 3.53. The first-order valence-corrected chi connectivity index (χ1v) is 8.66. The quantitative estimate of drug-likeness (QED) is 0.758. The molecule has 2 aromatic carbocycles. The molecule has 138 valence electrons. The Balaban J connectivity index is 1.63. The van der Waals surface area contributed by atoms with Crippen LogP contribution in [-0.4, -0.2) is 40.1 Å². The number of nitrogens with one attached hydrogen (secondary N) is 1. The summed E-state index contributed by atoms with van der Waals surface area (Å²) >= 11 is 0. The second-order valence-electron chi connectivity index (χ2n) is 6.53. The second kappa shape index (κ2) is 7.86. The molecule has 0 aliphatic rings. The van der Waals surface area contributed by atoms with Gasteiger partial charge < -0.3 is 10.2 Å². The van der Waals surface area contributed by atoms with Gasteiger partial charge in [-0.3, -0.25) is 9.59 Å². The predicted molar refractivity (Wildman–Crippen MR) is 105 cm³/mol. The Bertz CT molecular complexity index is 947. The number of anilines is 1. The summed E-state index contributed by atoms with van der Waals surface area (Å²) in [5.74, 6) is -0.439. The summed E-state index contributed by atoms with van der Waals surface area (Å²) in [6, 6.07) is 14.8. The van der Waals surface area contributed by atoms with Gasteiger partial charge in [0.05, 0.1) is 12.2 Å². The van der Waals surface area contributed by atoms with Crippen molar-refractivity contribution in [2.24, 2.45) is 0 Å². The van der Waals surface area contributed by atoms with Gasteiger partial charge in [0.1, 0.15) is 0 Å². The van der Waals surface area contributed by atoms with Crippen LogP contribution in [0.4, 0.5) is 5.69 Å². The molecule has 1 aromatic heterocycles. The Labute approximate surface area is 158 Å². The summed E-state index contributed by atoms with van der Waals surface area (Å²) in [4.78, 5) is 26.3. The molecule has 0 saturated carbocycles. The molecular weight excluding hydrogens is 340 g/mol. The molecule has 0 spiro atoms. The van der Waals surface area contributed by atoms with Crippen molar-refractivity contribution in [1.82, 2.24) is 14.7 Å². The number of carbonyl (C=O) groups is 2. The molecular formula is C21H22N4O2. The molecule has 0 fully saturated rings. The molecule has 0 radical (unpaired) electrons. The maximum absolute atomic E-state index is 12.6. The van der Waals surface area contributed by atoms with Crippen molar-refractivity contribution in [3.63, 3.8) is 0 Å². The fourth-order valence-electron chi connectivity index (χ4n) is 2.75. The van der Waals surface area contributed by atoms with Gasteiger partial charge in [0.2, 0.25) is 5.91 Å². The Morgan fingerprint density at radius 3 is 2.52 bits per heavy atom. The van der Waals surface area contributed by atoms with Crippen LogP contribution in [0.15, 0.2) is 60.9 Å². The molecule has 2 amide bonds. The summed E-state index contributed by atoms with van der Waals surface area (Å²) in [7, 11) is 1.62. The van der Waals surface area contributed by atoms with Crippen molar-refractivity contribution in [1.29, 1.82) is 0 Å². The highest BCUT2D eigenvalue weighted by molar-refractivity contribution is 5.99. The Morgan fingerprint density at radius 1 is 1.11 bits per heavy atom. The van der Waals surface area contributed by atoms with Gasteiger partial charge in [-0.25, -0.2) is 4.68 Å². The van der Waals surface area contributed by atoms with E-state index in [0.29, 0.717) is 5.56 Å². The van der Waals surface area contributed by atoms with Gasteiger partial charge in [-0.1, -0.05) is 12.1 Å². The lowest BCUT2D eigenvalue weighted by molar-refractivity contribution is -0.116. The van der Waals surface area contributed by atoms with E-state index in [0.717, 1.165) is 22.5 Å². The van der Waals surface area contributed by atoms with Crippen LogP contribution < -0.4 is 5.32 Å². The van der Waals surface area contributed by atoms with Gasteiger partial charge in [0.25, 0.3) is 5.91 Å². The maximum atomic E-state index is 12.6. The van der Waals surface area contributed by atoms with Crippen molar-refractivity contribution < 1.29 is 9.59 Å². The van der Waals surface area contributed by atoms with Crippen molar-refractivity contribution in [2.45, 2.75) is 13.8 Å². The summed E-state index contributed by atoms with van der Waals surface area (Å²) in [6.45, 7) is 3.88. The van der Waals surface area contributed by atoms with Crippen molar-refractivity contribution in [3.05, 3.63) is 77.6 Å². The first-order valence-electron chi connectivity index (χ1n) is 8.66. The van der Waals surface area contributed by atoms with Crippen LogP contribution in [0, 0.1) is 13.8 Å². The highest BCUT2D eigenvalue weighted by Crippen LogP contribution is 2.16. The fourth-order valence-corrected chi connectivity index (χ4v) is 2.75. The molecule has 0 aliphatic carbocycles. The third-order valence-electron chi connectivity index (χ3n) is 4.28. The predicted octanol–water partition coefficient (Wildman–Crippen LogP) is 3.20. The lowest BCUT2D eigenvalue weighted by atomic mass is 10.1. The fraction of sp³-hybridized carbons (Fsp3) is 0.190. The minimum atomic E-state index is -0.229. The van der Waals surface area contributed by atoms with Crippen LogP contribution in [-0.2, 0) is 4.79 Å². The monoisotopic (exact) mass is 362 g/mol. The molecule has 1 heterocycles. The zero-order valence-electron chi connectivity index (χ0n) is 15.6. The number of hydrogen-bond donors (Lipinski definition) is 1. The number of aromatic nitrogens is 2. The third-order valence-corrected chi connectivity index (χ3v) is 4.28. The Kier molecular flexibility index (Phi) is 5.35. The first kappa shape index (κ1) is 18.4. The van der Waals surface area contributed by atoms with E-state index in [1.165, 1.54) is 4.90 Å². The van der Waals surface area contributed by atoms with E-state index >= 15 is 0 Å². The lowest BCUT2D eigenvalue weighted by Gasteiger charge is -2.18. The zero-order valence-corrected chi connectivity index (χ0v) is 15.6. The van der Waals surface area contributed by atoms with E-state index in [9.17, 15) is 9.59 Å². The van der Waals surface area contributed by atoms with Gasteiger partial charge in [-0.15, -0.1) is 0 Å². The standard InChI is InChI=1S/C21H22N4O2/c1-15-5-6-16(2)19(13-15)23-20(26)14-24(3)21(27)17-7-9-18(10-8-17)25-12-4-11-22-25/h4-13H,14H2,1-3H3,(H,23,26). The minimum absolute atomic E-state index is 0.0207. The summed E-state index contributed by atoms with van der Waals surface area (Å²) in [5, 5.41) is 7.03. The molecule has 3 rings (SSSR count). The Morgan fingerprint density at radius 2 is 1.85 bits per heavy atom. The van der Waals surface area contributed by atoms with E-state index in [-0.39, 0.29) is 18.4 Å². The van der Waals surface area contributed by atoms with Crippen molar-refractivity contribution in [3.8, 4) is 5.69 Å². The summed E-state index contributed by atoms with van der Waals surface area (Å²) in [5.41, 5.74) is 4.21. The molecule has 27 heavy (non-hydrogen) atoms. The average molecular weight is 362 g/mol. The number of carbonyl (C=O) groups excluding carboxylic acids is 2. The molecule has 0 unspecified atom stereocenters. The molecule has 6 heteroatoms. The number of nitrogens with zero attached hydrogens (tertiary/aromatic N) is 3. The van der Waals surface area contributed by atoms with Crippen LogP contribution >= 0.6 is 0 Å². The van der Waals surface area contributed by atoms with Crippen LogP contribution in [0.5, 0.6) is 0 Å². The van der Waals surface area contributed by atoms with Crippen LogP contribution in [0.1, 0.15) is 21.5 Å². The minimum Gasteiger partial charge on any atom is -0.332 e. The van der Waals surface area contributed by atoms with Crippen molar-refractivity contribution in [2.75, 3.05) is 18.9 Å². The molecule has 0 bridgehead atoms. The van der Waals surface area contributed by atoms with E-state index in [2.05, 4.69) is 10.4 Å². The van der Waals surface area contributed by atoms with E-state index < -0.39 is 0 Å². The third kappa shape index (κ3) is 4.41. The second-order valence-corrected chi connectivity index (χ2v) is 6.53. The van der Waals surface area contributed by atoms with Crippen molar-refractivity contribution >= 4 is 17.5 Å². The molecule has 3 aromatic rings. The van der Waals surface area contributed by atoms with Crippen LogP contribution in [0.3, 0.4) is 0 Å². The molecule has 6 nitrogen and oxygen atoms in total. The smallest absolute Gasteiger partial charge is 0.254 e. The van der Waals surface area contributed by atoms with Gasteiger partial charge in [0, 0.05) is 30.7 Å². The Hall–Kier alpha value is -3.41. The largest absolute Gasteiger partial charge is 0.332 e. The number of aryl methyl sites for hydroxylation is 2. The molecule has 0 saturated heterocycles.